The fraction of sp³-hybridized carbons (Fsp3) is 0.625. The molecule has 0 radical (unpaired) electrons. The van der Waals surface area contributed by atoms with Crippen molar-refractivity contribution in [1.82, 2.24) is 10.2 Å². The van der Waals surface area contributed by atoms with E-state index >= 15 is 0 Å². The second-order valence-electron chi connectivity index (χ2n) is 3.15. The predicted molar refractivity (Wildman–Crippen MR) is 48.0 cm³/mol. The highest BCUT2D eigenvalue weighted by atomic mass is 16.4. The quantitative estimate of drug-likeness (QED) is 0.498. The molecule has 84 valence electrons. The largest absolute Gasteiger partial charge is 0.481 e. The third-order valence-electron chi connectivity index (χ3n) is 2.08. The lowest BCUT2D eigenvalue weighted by Gasteiger charge is -2.10. The highest BCUT2D eigenvalue weighted by molar-refractivity contribution is 6.04. The van der Waals surface area contributed by atoms with Gasteiger partial charge >= 0.3 is 12.0 Å². The summed E-state index contributed by atoms with van der Waals surface area (Å²) in [6.07, 6.45) is -0.106. The van der Waals surface area contributed by atoms with E-state index in [0.717, 1.165) is 4.90 Å². The number of imide groups is 1. The molecule has 1 rings (SSSR count). The normalized spacial score (nSPS) is 20.6. The Morgan fingerprint density at radius 3 is 2.67 bits per heavy atom. The van der Waals surface area contributed by atoms with Gasteiger partial charge in [-0.25, -0.2) is 4.79 Å². The first kappa shape index (κ1) is 11.4. The molecular weight excluding hydrogens is 204 g/mol. The first-order chi connectivity index (χ1) is 7.06. The van der Waals surface area contributed by atoms with Crippen molar-refractivity contribution in [2.75, 3.05) is 13.2 Å². The lowest BCUT2D eigenvalue weighted by Crippen LogP contribution is -2.34. The summed E-state index contributed by atoms with van der Waals surface area (Å²) >= 11 is 0. The van der Waals surface area contributed by atoms with Crippen LogP contribution in [0.15, 0.2) is 0 Å². The number of rotatable bonds is 5. The van der Waals surface area contributed by atoms with Gasteiger partial charge in [0.05, 0.1) is 13.2 Å². The van der Waals surface area contributed by atoms with Gasteiger partial charge in [-0.1, -0.05) is 0 Å². The van der Waals surface area contributed by atoms with Gasteiger partial charge in [0, 0.05) is 6.42 Å². The Balaban J connectivity index is 2.53. The average molecular weight is 216 g/mol. The zero-order chi connectivity index (χ0) is 11.4. The lowest BCUT2D eigenvalue weighted by molar-refractivity contribution is -0.137. The van der Waals surface area contributed by atoms with Crippen LogP contribution in [-0.4, -0.2) is 52.2 Å². The lowest BCUT2D eigenvalue weighted by atomic mass is 10.1. The fourth-order valence-corrected chi connectivity index (χ4v) is 1.35. The van der Waals surface area contributed by atoms with Crippen LogP contribution >= 0.6 is 0 Å². The van der Waals surface area contributed by atoms with Gasteiger partial charge in [-0.05, 0) is 6.42 Å². The molecule has 1 saturated heterocycles. The van der Waals surface area contributed by atoms with Crippen LogP contribution in [0.25, 0.3) is 0 Å². The Morgan fingerprint density at radius 1 is 1.47 bits per heavy atom. The van der Waals surface area contributed by atoms with Gasteiger partial charge < -0.3 is 15.5 Å². The SMILES string of the molecule is O=C(O)CCC1NC(=O)N(CCO)C1=O. The van der Waals surface area contributed by atoms with Crippen molar-refractivity contribution >= 4 is 17.9 Å². The van der Waals surface area contributed by atoms with Gasteiger partial charge in [0.2, 0.25) is 0 Å². The third kappa shape index (κ3) is 2.66. The summed E-state index contributed by atoms with van der Waals surface area (Å²) in [6.45, 7) is -0.362. The zero-order valence-electron chi connectivity index (χ0n) is 7.97. The monoisotopic (exact) mass is 216 g/mol. The summed E-state index contributed by atoms with van der Waals surface area (Å²) in [4.78, 5) is 33.8. The number of urea groups is 1. The molecule has 1 fully saturated rings. The van der Waals surface area contributed by atoms with E-state index in [1.54, 1.807) is 0 Å². The Labute approximate surface area is 85.7 Å². The molecule has 0 aromatic rings. The molecule has 3 amide bonds. The van der Waals surface area contributed by atoms with E-state index in [2.05, 4.69) is 5.32 Å². The van der Waals surface area contributed by atoms with E-state index < -0.39 is 23.9 Å². The molecule has 7 heteroatoms. The van der Waals surface area contributed by atoms with E-state index in [0.29, 0.717) is 0 Å². The van der Waals surface area contributed by atoms with Crippen molar-refractivity contribution in [3.63, 3.8) is 0 Å². The Morgan fingerprint density at radius 2 is 2.13 bits per heavy atom. The fourth-order valence-electron chi connectivity index (χ4n) is 1.35. The first-order valence-electron chi connectivity index (χ1n) is 4.50. The van der Waals surface area contributed by atoms with E-state index in [1.807, 2.05) is 0 Å². The van der Waals surface area contributed by atoms with Gasteiger partial charge in [-0.2, -0.15) is 0 Å². The molecule has 0 aromatic carbocycles. The Kier molecular flexibility index (Phi) is 3.62. The molecule has 1 unspecified atom stereocenters. The number of carboxylic acid groups (broad SMARTS) is 1. The molecule has 1 atom stereocenters. The van der Waals surface area contributed by atoms with Crippen molar-refractivity contribution in [3.8, 4) is 0 Å². The molecule has 1 aliphatic rings. The van der Waals surface area contributed by atoms with Crippen LogP contribution in [-0.2, 0) is 9.59 Å². The number of carbonyl (C=O) groups is 3. The maximum Gasteiger partial charge on any atom is 0.324 e. The number of nitrogens with one attached hydrogen (secondary N) is 1. The van der Waals surface area contributed by atoms with E-state index in [-0.39, 0.29) is 26.0 Å². The van der Waals surface area contributed by atoms with Crippen molar-refractivity contribution in [2.24, 2.45) is 0 Å². The molecule has 7 nitrogen and oxygen atoms in total. The highest BCUT2D eigenvalue weighted by Crippen LogP contribution is 2.10. The van der Waals surface area contributed by atoms with Gasteiger partial charge in [0.15, 0.2) is 0 Å². The highest BCUT2D eigenvalue weighted by Gasteiger charge is 2.37. The van der Waals surface area contributed by atoms with Gasteiger partial charge in [-0.15, -0.1) is 0 Å². The topological polar surface area (TPSA) is 107 Å². The minimum atomic E-state index is -1.02. The van der Waals surface area contributed by atoms with Crippen LogP contribution in [0.4, 0.5) is 4.79 Å². The summed E-state index contributed by atoms with van der Waals surface area (Å²) in [5.41, 5.74) is 0. The Hall–Kier alpha value is -1.63. The van der Waals surface area contributed by atoms with Crippen molar-refractivity contribution in [3.05, 3.63) is 0 Å². The van der Waals surface area contributed by atoms with Crippen LogP contribution < -0.4 is 5.32 Å². The van der Waals surface area contributed by atoms with Gasteiger partial charge in [0.1, 0.15) is 6.04 Å². The second-order valence-corrected chi connectivity index (χ2v) is 3.15. The smallest absolute Gasteiger partial charge is 0.324 e. The summed E-state index contributed by atoms with van der Waals surface area (Å²) in [5.74, 6) is -1.49. The van der Waals surface area contributed by atoms with Crippen LogP contribution in [0.2, 0.25) is 0 Å². The zero-order valence-corrected chi connectivity index (χ0v) is 7.97. The van der Waals surface area contributed by atoms with Crippen LogP contribution in [0, 0.1) is 0 Å². The predicted octanol–water partition coefficient (Wildman–Crippen LogP) is -1.24. The molecule has 15 heavy (non-hydrogen) atoms. The molecule has 0 bridgehead atoms. The number of aliphatic hydroxyl groups excluding tert-OH is 1. The summed E-state index contributed by atoms with van der Waals surface area (Å²) < 4.78 is 0. The van der Waals surface area contributed by atoms with E-state index in [4.69, 9.17) is 10.2 Å². The van der Waals surface area contributed by atoms with Crippen LogP contribution in [0.1, 0.15) is 12.8 Å². The maximum atomic E-state index is 11.5. The summed E-state index contributed by atoms with van der Waals surface area (Å²) in [7, 11) is 0. The minimum Gasteiger partial charge on any atom is -0.481 e. The number of hydrogen-bond donors (Lipinski definition) is 3. The number of hydrogen-bond acceptors (Lipinski definition) is 4. The number of β-amino-alcohol motifs (C(OH)–C–C–N with tert-alkyl or cyclic N) is 1. The number of nitrogens with zero attached hydrogens (tertiary/aromatic N) is 1. The maximum absolute atomic E-state index is 11.5. The Bertz CT molecular complexity index is 291. The number of aliphatic carboxylic acids is 1. The third-order valence-corrected chi connectivity index (χ3v) is 2.08. The second kappa shape index (κ2) is 4.74. The van der Waals surface area contributed by atoms with Crippen molar-refractivity contribution in [1.29, 1.82) is 0 Å². The average Bonchev–Trinajstić information content (AvgIpc) is 2.43. The van der Waals surface area contributed by atoms with Crippen LogP contribution in [0.5, 0.6) is 0 Å². The van der Waals surface area contributed by atoms with Gasteiger partial charge in [-0.3, -0.25) is 14.5 Å². The molecular formula is C8H12N2O5. The number of aliphatic hydroxyl groups is 1. The number of carboxylic acids is 1. The summed E-state index contributed by atoms with van der Waals surface area (Å²) in [5, 5.41) is 19.4. The van der Waals surface area contributed by atoms with Crippen molar-refractivity contribution < 1.29 is 24.6 Å². The number of carbonyl (C=O) groups excluding carboxylic acids is 2. The first-order valence-corrected chi connectivity index (χ1v) is 4.50. The van der Waals surface area contributed by atoms with Crippen LogP contribution in [0.3, 0.4) is 0 Å². The minimum absolute atomic E-state index is 0.0613. The molecule has 0 spiro atoms. The van der Waals surface area contributed by atoms with Crippen molar-refractivity contribution in [2.45, 2.75) is 18.9 Å². The molecule has 0 aliphatic carbocycles. The molecule has 3 N–H and O–H groups in total. The standard InChI is InChI=1S/C8H12N2O5/c11-4-3-10-7(14)5(9-8(10)15)1-2-6(12)13/h5,11H,1-4H2,(H,9,15)(H,12,13). The molecule has 1 aliphatic heterocycles. The molecule has 0 saturated carbocycles. The van der Waals surface area contributed by atoms with E-state index in [1.165, 1.54) is 0 Å². The van der Waals surface area contributed by atoms with E-state index in [9.17, 15) is 14.4 Å². The summed E-state index contributed by atoms with van der Waals surface area (Å²) in [6, 6.07) is -1.36. The molecule has 0 aromatic heterocycles. The number of amides is 3. The van der Waals surface area contributed by atoms with Gasteiger partial charge in [0.25, 0.3) is 5.91 Å². The molecule has 1 heterocycles.